The number of hydrogen-bond donors (Lipinski definition) is 1. The molecule has 1 aromatic carbocycles. The fourth-order valence-corrected chi connectivity index (χ4v) is 1.41. The predicted molar refractivity (Wildman–Crippen MR) is 63.1 cm³/mol. The number of hydrogen-bond acceptors (Lipinski definition) is 1. The second kappa shape index (κ2) is 4.80. The van der Waals surface area contributed by atoms with Gasteiger partial charge in [0, 0.05) is 5.69 Å². The van der Waals surface area contributed by atoms with E-state index in [2.05, 4.69) is 21.2 Å². The third kappa shape index (κ3) is 3.31. The zero-order valence-electron chi connectivity index (χ0n) is 7.97. The second-order valence-corrected chi connectivity index (χ2v) is 5.05. The van der Waals surface area contributed by atoms with Gasteiger partial charge in [-0.05, 0) is 37.1 Å². The number of aryl methyl sites for hydroxylation is 2. The summed E-state index contributed by atoms with van der Waals surface area (Å²) >= 11 is 8.55. The van der Waals surface area contributed by atoms with Crippen LogP contribution in [0.15, 0.2) is 18.2 Å². The van der Waals surface area contributed by atoms with E-state index in [0.717, 1.165) is 16.8 Å². The molecule has 0 saturated heterocycles. The van der Waals surface area contributed by atoms with Crippen LogP contribution in [0.1, 0.15) is 11.1 Å². The van der Waals surface area contributed by atoms with Crippen LogP contribution in [0.25, 0.3) is 0 Å². The SMILES string of the molecule is Cc1cc(C)cc(NC(=O)C(Cl)Br)c1. The Bertz CT molecular complexity index is 332. The first-order valence-corrected chi connectivity index (χ1v) is 5.51. The van der Waals surface area contributed by atoms with Gasteiger partial charge in [0.25, 0.3) is 5.91 Å². The number of amides is 1. The van der Waals surface area contributed by atoms with Crippen LogP contribution in [-0.2, 0) is 4.79 Å². The van der Waals surface area contributed by atoms with Crippen LogP contribution in [0.5, 0.6) is 0 Å². The van der Waals surface area contributed by atoms with Crippen molar-refractivity contribution in [1.29, 1.82) is 0 Å². The maximum Gasteiger partial charge on any atom is 0.253 e. The van der Waals surface area contributed by atoms with Gasteiger partial charge in [-0.3, -0.25) is 4.79 Å². The number of benzene rings is 1. The van der Waals surface area contributed by atoms with Crippen LogP contribution in [-0.4, -0.2) is 10.2 Å². The minimum absolute atomic E-state index is 0.253. The zero-order valence-corrected chi connectivity index (χ0v) is 10.3. The molecule has 0 fully saturated rings. The molecule has 0 radical (unpaired) electrons. The number of halogens is 2. The summed E-state index contributed by atoms with van der Waals surface area (Å²) < 4.78 is -0.691. The van der Waals surface area contributed by atoms with E-state index in [1.807, 2.05) is 32.0 Å². The van der Waals surface area contributed by atoms with E-state index in [-0.39, 0.29) is 5.91 Å². The summed E-state index contributed by atoms with van der Waals surface area (Å²) in [6, 6.07) is 5.84. The molecule has 0 spiro atoms. The molecular formula is C10H11BrClNO. The van der Waals surface area contributed by atoms with Gasteiger partial charge in [0.1, 0.15) is 0 Å². The van der Waals surface area contributed by atoms with Gasteiger partial charge < -0.3 is 5.32 Å². The topological polar surface area (TPSA) is 29.1 Å². The van der Waals surface area contributed by atoms with Crippen molar-refractivity contribution in [1.82, 2.24) is 0 Å². The first-order valence-electron chi connectivity index (χ1n) is 4.16. The molecular weight excluding hydrogens is 265 g/mol. The Morgan fingerprint density at radius 2 is 1.86 bits per heavy atom. The molecule has 0 aliphatic rings. The van der Waals surface area contributed by atoms with Crippen molar-refractivity contribution in [2.75, 3.05) is 5.32 Å². The van der Waals surface area contributed by atoms with E-state index >= 15 is 0 Å². The van der Waals surface area contributed by atoms with Crippen LogP contribution in [0, 0.1) is 13.8 Å². The van der Waals surface area contributed by atoms with E-state index in [1.165, 1.54) is 0 Å². The van der Waals surface area contributed by atoms with Gasteiger partial charge in [-0.1, -0.05) is 33.6 Å². The van der Waals surface area contributed by atoms with Crippen LogP contribution in [0.3, 0.4) is 0 Å². The molecule has 76 valence electrons. The number of anilines is 1. The molecule has 1 aromatic rings. The molecule has 1 N–H and O–H groups in total. The van der Waals surface area contributed by atoms with Gasteiger partial charge in [0.2, 0.25) is 0 Å². The highest BCUT2D eigenvalue weighted by Crippen LogP contribution is 2.15. The Hall–Kier alpha value is -0.540. The Labute approximate surface area is 96.8 Å². The molecule has 0 aromatic heterocycles. The lowest BCUT2D eigenvalue weighted by atomic mass is 10.1. The van der Waals surface area contributed by atoms with Crippen LogP contribution in [0.2, 0.25) is 0 Å². The van der Waals surface area contributed by atoms with E-state index in [9.17, 15) is 4.79 Å². The van der Waals surface area contributed by atoms with Crippen molar-refractivity contribution in [3.63, 3.8) is 0 Å². The minimum atomic E-state index is -0.691. The van der Waals surface area contributed by atoms with Gasteiger partial charge >= 0.3 is 0 Å². The average Bonchev–Trinajstić information content (AvgIpc) is 2.01. The highest BCUT2D eigenvalue weighted by Gasteiger charge is 2.10. The van der Waals surface area contributed by atoms with E-state index in [1.54, 1.807) is 0 Å². The summed E-state index contributed by atoms with van der Waals surface area (Å²) in [7, 11) is 0. The Balaban J connectivity index is 2.82. The molecule has 0 bridgehead atoms. The van der Waals surface area contributed by atoms with Gasteiger partial charge in [0.15, 0.2) is 4.29 Å². The van der Waals surface area contributed by atoms with Gasteiger partial charge in [-0.15, -0.1) is 0 Å². The maximum atomic E-state index is 11.2. The Morgan fingerprint density at radius 3 is 2.29 bits per heavy atom. The quantitative estimate of drug-likeness (QED) is 0.826. The number of alkyl halides is 2. The summed E-state index contributed by atoms with van der Waals surface area (Å²) in [6.45, 7) is 3.96. The largest absolute Gasteiger partial charge is 0.324 e. The summed E-state index contributed by atoms with van der Waals surface area (Å²) in [5, 5.41) is 2.71. The first kappa shape index (κ1) is 11.5. The highest BCUT2D eigenvalue weighted by molar-refractivity contribution is 9.10. The standard InChI is InChI=1S/C10H11BrClNO/c1-6-3-7(2)5-8(4-6)13-10(14)9(11)12/h3-5,9H,1-2H3,(H,13,14). The summed E-state index contributed by atoms with van der Waals surface area (Å²) in [4.78, 5) is 11.2. The molecule has 1 amide bonds. The summed E-state index contributed by atoms with van der Waals surface area (Å²) in [6.07, 6.45) is 0. The van der Waals surface area contributed by atoms with Crippen LogP contribution >= 0.6 is 27.5 Å². The lowest BCUT2D eigenvalue weighted by Gasteiger charge is -2.07. The van der Waals surface area contributed by atoms with E-state index in [4.69, 9.17) is 11.6 Å². The lowest BCUT2D eigenvalue weighted by Crippen LogP contribution is -2.18. The average molecular weight is 277 g/mol. The fourth-order valence-electron chi connectivity index (χ4n) is 1.24. The minimum Gasteiger partial charge on any atom is -0.324 e. The van der Waals surface area contributed by atoms with E-state index < -0.39 is 4.29 Å². The van der Waals surface area contributed by atoms with Crippen molar-refractivity contribution in [2.45, 2.75) is 18.1 Å². The number of rotatable bonds is 2. The molecule has 1 atom stereocenters. The molecule has 14 heavy (non-hydrogen) atoms. The van der Waals surface area contributed by atoms with Crippen LogP contribution in [0.4, 0.5) is 5.69 Å². The van der Waals surface area contributed by atoms with E-state index in [0.29, 0.717) is 0 Å². The molecule has 0 aliphatic heterocycles. The predicted octanol–water partition coefficient (Wildman–Crippen LogP) is 3.20. The van der Waals surface area contributed by atoms with Gasteiger partial charge in [-0.2, -0.15) is 0 Å². The van der Waals surface area contributed by atoms with Crippen LogP contribution < -0.4 is 5.32 Å². The van der Waals surface area contributed by atoms with Crippen molar-refractivity contribution >= 4 is 39.1 Å². The Kier molecular flexibility index (Phi) is 3.96. The molecule has 0 saturated carbocycles. The third-order valence-electron chi connectivity index (χ3n) is 1.69. The smallest absolute Gasteiger partial charge is 0.253 e. The molecule has 0 aliphatic carbocycles. The van der Waals surface area contributed by atoms with Crippen molar-refractivity contribution in [3.05, 3.63) is 29.3 Å². The number of carbonyl (C=O) groups excluding carboxylic acids is 1. The Morgan fingerprint density at radius 1 is 1.36 bits per heavy atom. The third-order valence-corrected chi connectivity index (χ3v) is 2.30. The lowest BCUT2D eigenvalue weighted by molar-refractivity contribution is -0.114. The van der Waals surface area contributed by atoms with Gasteiger partial charge in [0.05, 0.1) is 0 Å². The van der Waals surface area contributed by atoms with Crippen molar-refractivity contribution < 1.29 is 4.79 Å². The molecule has 2 nitrogen and oxygen atoms in total. The number of nitrogens with one attached hydrogen (secondary N) is 1. The highest BCUT2D eigenvalue weighted by atomic mass is 79.9. The normalized spacial score (nSPS) is 12.3. The van der Waals surface area contributed by atoms with Crippen molar-refractivity contribution in [3.8, 4) is 0 Å². The number of carbonyl (C=O) groups is 1. The molecule has 4 heteroatoms. The summed E-state index contributed by atoms with van der Waals surface area (Å²) in [5.74, 6) is -0.253. The molecule has 1 unspecified atom stereocenters. The second-order valence-electron chi connectivity index (χ2n) is 3.17. The molecule has 0 heterocycles. The summed E-state index contributed by atoms with van der Waals surface area (Å²) in [5.41, 5.74) is 3.00. The van der Waals surface area contributed by atoms with Gasteiger partial charge in [-0.25, -0.2) is 0 Å². The zero-order chi connectivity index (χ0) is 10.7. The van der Waals surface area contributed by atoms with Crippen molar-refractivity contribution in [2.24, 2.45) is 0 Å². The maximum absolute atomic E-state index is 11.2. The molecule has 1 rings (SSSR count). The fraction of sp³-hybridized carbons (Fsp3) is 0.300. The first-order chi connectivity index (χ1) is 6.49. The monoisotopic (exact) mass is 275 g/mol.